The summed E-state index contributed by atoms with van der Waals surface area (Å²) >= 11 is 0. The van der Waals surface area contributed by atoms with Crippen LogP contribution >= 0.6 is 0 Å². The normalized spacial score (nSPS) is 12.3. The second kappa shape index (κ2) is 38.4. The van der Waals surface area contributed by atoms with Crippen molar-refractivity contribution < 1.29 is 9.53 Å². The van der Waals surface area contributed by atoms with Crippen molar-refractivity contribution in [1.29, 1.82) is 0 Å². The zero-order valence-electron chi connectivity index (χ0n) is 30.8. The third-order valence-electron chi connectivity index (χ3n) is 9.45. The standard InChI is InChI=1S/C42H82O2/c1-4-7-10-13-16-18-19-20-21-22-23-24-25-26-27-29-31-34-37-40-42(43)44-41(38-35-32-15-12-9-6-3)39-36-33-30-28-17-14-11-8-5-2/h20-21,41H,4-19,22-40H2,1-3H3/b21-20-/t41-/m0/s1. The molecule has 0 aliphatic heterocycles. The Labute approximate surface area is 278 Å². The number of rotatable bonds is 37. The van der Waals surface area contributed by atoms with Crippen LogP contribution in [0.15, 0.2) is 12.2 Å². The van der Waals surface area contributed by atoms with Crippen molar-refractivity contribution in [3.8, 4) is 0 Å². The Morgan fingerprint density at radius 2 is 0.705 bits per heavy atom. The summed E-state index contributed by atoms with van der Waals surface area (Å²) in [6.07, 6.45) is 50.4. The predicted molar refractivity (Wildman–Crippen MR) is 198 cm³/mol. The molecule has 0 aromatic rings. The molecule has 0 unspecified atom stereocenters. The molecule has 2 heteroatoms. The van der Waals surface area contributed by atoms with E-state index < -0.39 is 0 Å². The number of carbonyl (C=O) groups excluding carboxylic acids is 1. The van der Waals surface area contributed by atoms with Crippen LogP contribution in [0.2, 0.25) is 0 Å². The number of hydrogen-bond donors (Lipinski definition) is 0. The molecule has 0 spiro atoms. The molecule has 0 aliphatic rings. The van der Waals surface area contributed by atoms with Crippen LogP contribution in [0.5, 0.6) is 0 Å². The molecule has 0 rings (SSSR count). The Morgan fingerprint density at radius 3 is 1.07 bits per heavy atom. The van der Waals surface area contributed by atoms with Crippen molar-refractivity contribution in [1.82, 2.24) is 0 Å². The second-order valence-corrected chi connectivity index (χ2v) is 14.0. The smallest absolute Gasteiger partial charge is 0.306 e. The van der Waals surface area contributed by atoms with Gasteiger partial charge in [-0.3, -0.25) is 4.79 Å². The van der Waals surface area contributed by atoms with Crippen molar-refractivity contribution in [3.63, 3.8) is 0 Å². The first kappa shape index (κ1) is 43.2. The number of carbonyl (C=O) groups is 1. The van der Waals surface area contributed by atoms with Crippen molar-refractivity contribution in [2.75, 3.05) is 0 Å². The average Bonchev–Trinajstić information content (AvgIpc) is 3.02. The minimum Gasteiger partial charge on any atom is -0.462 e. The van der Waals surface area contributed by atoms with Gasteiger partial charge in [-0.1, -0.05) is 193 Å². The third-order valence-corrected chi connectivity index (χ3v) is 9.45. The number of hydrogen-bond acceptors (Lipinski definition) is 2. The molecular weight excluding hydrogens is 536 g/mol. The van der Waals surface area contributed by atoms with Gasteiger partial charge in [-0.25, -0.2) is 0 Å². The van der Waals surface area contributed by atoms with Gasteiger partial charge in [0.15, 0.2) is 0 Å². The van der Waals surface area contributed by atoms with Crippen LogP contribution in [0, 0.1) is 0 Å². The molecule has 2 nitrogen and oxygen atoms in total. The van der Waals surface area contributed by atoms with E-state index in [0.717, 1.165) is 19.3 Å². The first-order chi connectivity index (χ1) is 21.7. The predicted octanol–water partition coefficient (Wildman–Crippen LogP) is 15.2. The maximum absolute atomic E-state index is 12.6. The Morgan fingerprint density at radius 1 is 0.409 bits per heavy atom. The molecular formula is C42H82O2. The highest BCUT2D eigenvalue weighted by molar-refractivity contribution is 5.69. The summed E-state index contributed by atoms with van der Waals surface area (Å²) in [5.41, 5.74) is 0. The highest BCUT2D eigenvalue weighted by Gasteiger charge is 2.14. The van der Waals surface area contributed by atoms with Gasteiger partial charge in [-0.05, 0) is 57.8 Å². The van der Waals surface area contributed by atoms with Gasteiger partial charge in [0.25, 0.3) is 0 Å². The van der Waals surface area contributed by atoms with E-state index in [9.17, 15) is 4.79 Å². The highest BCUT2D eigenvalue weighted by atomic mass is 16.5. The first-order valence-electron chi connectivity index (χ1n) is 20.6. The van der Waals surface area contributed by atoms with Gasteiger partial charge in [0, 0.05) is 6.42 Å². The third kappa shape index (κ3) is 35.7. The molecule has 0 amide bonds. The number of esters is 1. The summed E-state index contributed by atoms with van der Waals surface area (Å²) in [5.74, 6) is 0.0675. The molecule has 0 fully saturated rings. The molecule has 262 valence electrons. The number of allylic oxidation sites excluding steroid dienone is 2. The SMILES string of the molecule is CCCCCCCC/C=C\CCCCCCCCCCCC(=O)O[C@@H](CCCCCCCC)CCCCCCCCCCC. The monoisotopic (exact) mass is 619 g/mol. The van der Waals surface area contributed by atoms with E-state index >= 15 is 0 Å². The molecule has 0 N–H and O–H groups in total. The van der Waals surface area contributed by atoms with Crippen LogP contribution in [0.25, 0.3) is 0 Å². The molecule has 0 saturated carbocycles. The van der Waals surface area contributed by atoms with Gasteiger partial charge >= 0.3 is 5.97 Å². The zero-order chi connectivity index (χ0) is 32.0. The fourth-order valence-corrected chi connectivity index (χ4v) is 6.39. The van der Waals surface area contributed by atoms with Crippen LogP contribution in [-0.2, 0) is 9.53 Å². The lowest BCUT2D eigenvalue weighted by Crippen LogP contribution is -2.18. The topological polar surface area (TPSA) is 26.3 Å². The molecule has 0 saturated heterocycles. The van der Waals surface area contributed by atoms with Gasteiger partial charge < -0.3 is 4.74 Å². The Bertz CT molecular complexity index is 568. The quantitative estimate of drug-likeness (QED) is 0.0393. The fourth-order valence-electron chi connectivity index (χ4n) is 6.39. The second-order valence-electron chi connectivity index (χ2n) is 14.0. The number of ether oxygens (including phenoxy) is 1. The molecule has 0 aromatic carbocycles. The van der Waals surface area contributed by atoms with E-state index in [2.05, 4.69) is 32.9 Å². The first-order valence-corrected chi connectivity index (χ1v) is 20.6. The lowest BCUT2D eigenvalue weighted by molar-refractivity contribution is -0.150. The molecule has 1 atom stereocenters. The molecule has 0 aromatic heterocycles. The lowest BCUT2D eigenvalue weighted by Gasteiger charge is -2.18. The van der Waals surface area contributed by atoms with E-state index in [1.54, 1.807) is 0 Å². The van der Waals surface area contributed by atoms with Gasteiger partial charge in [0.05, 0.1) is 0 Å². The van der Waals surface area contributed by atoms with Crippen LogP contribution in [0.4, 0.5) is 0 Å². The van der Waals surface area contributed by atoms with Crippen LogP contribution in [0.3, 0.4) is 0 Å². The van der Waals surface area contributed by atoms with E-state index in [-0.39, 0.29) is 12.1 Å². The highest BCUT2D eigenvalue weighted by Crippen LogP contribution is 2.19. The Balaban J connectivity index is 3.80. The van der Waals surface area contributed by atoms with Crippen molar-refractivity contribution in [3.05, 3.63) is 12.2 Å². The van der Waals surface area contributed by atoms with Gasteiger partial charge in [-0.2, -0.15) is 0 Å². The molecule has 0 aliphatic carbocycles. The van der Waals surface area contributed by atoms with E-state index in [0.29, 0.717) is 6.42 Å². The van der Waals surface area contributed by atoms with Crippen LogP contribution in [-0.4, -0.2) is 12.1 Å². The summed E-state index contributed by atoms with van der Waals surface area (Å²) in [5, 5.41) is 0. The van der Waals surface area contributed by atoms with Crippen LogP contribution in [0.1, 0.15) is 245 Å². The van der Waals surface area contributed by atoms with Gasteiger partial charge in [0.2, 0.25) is 0 Å². The minimum atomic E-state index is 0.0675. The minimum absolute atomic E-state index is 0.0675. The fraction of sp³-hybridized carbons (Fsp3) is 0.929. The van der Waals surface area contributed by atoms with Crippen LogP contribution < -0.4 is 0 Å². The molecule has 0 bridgehead atoms. The van der Waals surface area contributed by atoms with Crippen molar-refractivity contribution >= 4 is 5.97 Å². The Hall–Kier alpha value is -0.790. The lowest BCUT2D eigenvalue weighted by atomic mass is 10.0. The van der Waals surface area contributed by atoms with Gasteiger partial charge in [0.1, 0.15) is 6.10 Å². The molecule has 0 radical (unpaired) electrons. The summed E-state index contributed by atoms with van der Waals surface area (Å²) in [4.78, 5) is 12.6. The number of unbranched alkanes of at least 4 members (excludes halogenated alkanes) is 28. The maximum atomic E-state index is 12.6. The summed E-state index contributed by atoms with van der Waals surface area (Å²) in [6, 6.07) is 0. The van der Waals surface area contributed by atoms with Gasteiger partial charge in [-0.15, -0.1) is 0 Å². The summed E-state index contributed by atoms with van der Waals surface area (Å²) in [7, 11) is 0. The maximum Gasteiger partial charge on any atom is 0.306 e. The average molecular weight is 619 g/mol. The van der Waals surface area contributed by atoms with E-state index in [1.807, 2.05) is 0 Å². The van der Waals surface area contributed by atoms with Crippen molar-refractivity contribution in [2.45, 2.75) is 252 Å². The largest absolute Gasteiger partial charge is 0.462 e. The Kier molecular flexibility index (Phi) is 37.7. The van der Waals surface area contributed by atoms with E-state index in [4.69, 9.17) is 4.74 Å². The van der Waals surface area contributed by atoms with E-state index in [1.165, 1.54) is 199 Å². The molecule has 44 heavy (non-hydrogen) atoms. The van der Waals surface area contributed by atoms with Crippen molar-refractivity contribution in [2.24, 2.45) is 0 Å². The summed E-state index contributed by atoms with van der Waals surface area (Å²) in [6.45, 7) is 6.85. The summed E-state index contributed by atoms with van der Waals surface area (Å²) < 4.78 is 6.04. The molecule has 0 heterocycles. The zero-order valence-corrected chi connectivity index (χ0v) is 30.8.